The van der Waals surface area contributed by atoms with E-state index in [4.69, 9.17) is 21.9 Å². The first-order valence-electron chi connectivity index (χ1n) is 6.80. The number of nitrogens with zero attached hydrogens (tertiary/aromatic N) is 1. The van der Waals surface area contributed by atoms with E-state index in [9.17, 15) is 9.59 Å². The smallest absolute Gasteiger partial charge is 0.227 e. The number of amides is 1. The monoisotopic (exact) mass is 321 g/mol. The first-order valence-corrected chi connectivity index (χ1v) is 7.18. The highest BCUT2D eigenvalue weighted by Crippen LogP contribution is 2.32. The summed E-state index contributed by atoms with van der Waals surface area (Å²) in [7, 11) is 0. The number of rotatable bonds is 5. The summed E-state index contributed by atoms with van der Waals surface area (Å²) >= 11 is 6.30. The van der Waals surface area contributed by atoms with Crippen LogP contribution in [0.5, 0.6) is 0 Å². The van der Waals surface area contributed by atoms with Gasteiger partial charge in [0.2, 0.25) is 5.91 Å². The fourth-order valence-corrected chi connectivity index (χ4v) is 2.42. The molecule has 0 aromatic carbocycles. The van der Waals surface area contributed by atoms with Gasteiger partial charge in [-0.3, -0.25) is 9.59 Å². The zero-order valence-corrected chi connectivity index (χ0v) is 12.8. The van der Waals surface area contributed by atoms with Gasteiger partial charge in [-0.2, -0.15) is 0 Å². The molecule has 1 aliphatic carbocycles. The van der Waals surface area contributed by atoms with Crippen molar-refractivity contribution in [1.29, 1.82) is 0 Å². The highest BCUT2D eigenvalue weighted by atomic mass is 35.5. The molecule has 7 heteroatoms. The Morgan fingerprint density at radius 2 is 2.27 bits per heavy atom. The minimum Gasteiger partial charge on any atom is -0.397 e. The van der Waals surface area contributed by atoms with Crippen molar-refractivity contribution in [3.63, 3.8) is 0 Å². The zero-order chi connectivity index (χ0) is 16.1. The Kier molecular flexibility index (Phi) is 5.16. The van der Waals surface area contributed by atoms with E-state index in [1.807, 2.05) is 0 Å². The normalized spacial score (nSPS) is 16.6. The predicted octanol–water partition coefficient (Wildman–Crippen LogP) is 1.89. The van der Waals surface area contributed by atoms with E-state index in [1.54, 1.807) is 25.1 Å². The van der Waals surface area contributed by atoms with Gasteiger partial charge in [0.25, 0.3) is 0 Å². The number of ketones is 1. The van der Waals surface area contributed by atoms with Crippen LogP contribution in [0.1, 0.15) is 25.5 Å². The number of halogens is 1. The molecule has 0 spiro atoms. The van der Waals surface area contributed by atoms with Gasteiger partial charge in [0.1, 0.15) is 12.0 Å². The molecule has 1 aliphatic rings. The fourth-order valence-electron chi connectivity index (χ4n) is 2.07. The third-order valence-electron chi connectivity index (χ3n) is 3.14. The first-order chi connectivity index (χ1) is 10.5. The molecule has 0 radical (unpaired) electrons. The van der Waals surface area contributed by atoms with Crippen LogP contribution in [-0.4, -0.2) is 23.4 Å². The number of allylic oxidation sites excluding steroid dienone is 5. The molecule has 0 atom stereocenters. The van der Waals surface area contributed by atoms with Crippen molar-refractivity contribution < 1.29 is 14.1 Å². The molecule has 116 valence electrons. The number of Topliss-reactive ketones (excluding diaryl/α,β-unsaturated/α-hetero) is 1. The molecule has 0 fully saturated rings. The van der Waals surface area contributed by atoms with Crippen LogP contribution in [0.4, 0.5) is 0 Å². The third-order valence-corrected chi connectivity index (χ3v) is 3.57. The lowest BCUT2D eigenvalue weighted by Crippen LogP contribution is -2.26. The SMILES string of the molecule is CCNC(=O)CC(=O)C1=C(Cl)C(=C(N)c2ccon2)CC=C1. The second kappa shape index (κ2) is 7.09. The van der Waals surface area contributed by atoms with Gasteiger partial charge in [-0.1, -0.05) is 28.9 Å². The summed E-state index contributed by atoms with van der Waals surface area (Å²) in [5.41, 5.74) is 7.71. The van der Waals surface area contributed by atoms with E-state index in [1.165, 1.54) is 6.26 Å². The first kappa shape index (κ1) is 16.0. The molecule has 0 saturated heterocycles. The Bertz CT molecular complexity index is 672. The van der Waals surface area contributed by atoms with E-state index >= 15 is 0 Å². The van der Waals surface area contributed by atoms with Crippen LogP contribution >= 0.6 is 11.6 Å². The molecule has 6 nitrogen and oxygen atoms in total. The molecule has 1 aromatic heterocycles. The van der Waals surface area contributed by atoms with Gasteiger partial charge in [-0.15, -0.1) is 0 Å². The van der Waals surface area contributed by atoms with Crippen molar-refractivity contribution in [2.75, 3.05) is 6.54 Å². The van der Waals surface area contributed by atoms with Crippen LogP contribution in [0.2, 0.25) is 0 Å². The highest BCUT2D eigenvalue weighted by Gasteiger charge is 2.22. The molecular weight excluding hydrogens is 306 g/mol. The summed E-state index contributed by atoms with van der Waals surface area (Å²) in [6.07, 6.45) is 5.03. The summed E-state index contributed by atoms with van der Waals surface area (Å²) < 4.78 is 4.75. The van der Waals surface area contributed by atoms with Crippen LogP contribution in [0.3, 0.4) is 0 Å². The molecule has 22 heavy (non-hydrogen) atoms. The molecule has 1 aromatic rings. The maximum absolute atomic E-state index is 12.2. The summed E-state index contributed by atoms with van der Waals surface area (Å²) in [5.74, 6) is -0.684. The molecule has 0 aliphatic heterocycles. The lowest BCUT2D eigenvalue weighted by atomic mass is 9.95. The molecule has 0 bridgehead atoms. The van der Waals surface area contributed by atoms with Gasteiger partial charge >= 0.3 is 0 Å². The zero-order valence-electron chi connectivity index (χ0n) is 12.1. The van der Waals surface area contributed by atoms with E-state index < -0.39 is 0 Å². The van der Waals surface area contributed by atoms with Crippen LogP contribution in [0.15, 0.2) is 45.2 Å². The highest BCUT2D eigenvalue weighted by molar-refractivity contribution is 6.36. The average molecular weight is 322 g/mol. The van der Waals surface area contributed by atoms with Crippen molar-refractivity contribution in [3.05, 3.63) is 46.4 Å². The van der Waals surface area contributed by atoms with Crippen molar-refractivity contribution in [2.24, 2.45) is 5.73 Å². The van der Waals surface area contributed by atoms with Crippen LogP contribution in [-0.2, 0) is 9.59 Å². The largest absolute Gasteiger partial charge is 0.397 e. The van der Waals surface area contributed by atoms with Crippen molar-refractivity contribution in [3.8, 4) is 0 Å². The predicted molar refractivity (Wildman–Crippen MR) is 82.6 cm³/mol. The average Bonchev–Trinajstić information content (AvgIpc) is 3.01. The molecule has 2 rings (SSSR count). The Balaban J connectivity index is 2.29. The number of carbonyl (C=O) groups is 2. The second-order valence-corrected chi connectivity index (χ2v) is 5.04. The van der Waals surface area contributed by atoms with Crippen LogP contribution in [0, 0.1) is 0 Å². The number of hydrogen-bond donors (Lipinski definition) is 2. The van der Waals surface area contributed by atoms with E-state index in [-0.39, 0.29) is 28.7 Å². The van der Waals surface area contributed by atoms with Gasteiger partial charge in [0, 0.05) is 23.8 Å². The van der Waals surface area contributed by atoms with E-state index in [2.05, 4.69) is 10.5 Å². The summed E-state index contributed by atoms with van der Waals surface area (Å²) in [4.78, 5) is 23.7. The van der Waals surface area contributed by atoms with Gasteiger partial charge in [0.05, 0.1) is 17.2 Å². The quantitative estimate of drug-likeness (QED) is 0.807. The summed E-state index contributed by atoms with van der Waals surface area (Å²) in [5, 5.41) is 6.58. The topological polar surface area (TPSA) is 98.2 Å². The molecular formula is C15H16ClN3O3. The standard InChI is InChI=1S/C15H16ClN3O3/c1-2-18-13(21)8-12(20)9-4-3-5-10(14(9)16)15(17)11-6-7-22-19-11/h3-4,6-7H,2,5,8,17H2,1H3,(H,18,21). The lowest BCUT2D eigenvalue weighted by Gasteiger charge is -2.15. The molecule has 0 unspecified atom stereocenters. The molecule has 0 saturated carbocycles. The van der Waals surface area contributed by atoms with Crippen LogP contribution in [0.25, 0.3) is 5.70 Å². The second-order valence-electron chi connectivity index (χ2n) is 4.66. The Morgan fingerprint density at radius 1 is 1.50 bits per heavy atom. The molecule has 1 amide bonds. The lowest BCUT2D eigenvalue weighted by molar-refractivity contribution is -0.126. The maximum Gasteiger partial charge on any atom is 0.227 e. The van der Waals surface area contributed by atoms with Crippen molar-refractivity contribution >= 4 is 29.0 Å². The van der Waals surface area contributed by atoms with Crippen LogP contribution < -0.4 is 11.1 Å². The van der Waals surface area contributed by atoms with E-state index in [0.717, 1.165) is 0 Å². The summed E-state index contributed by atoms with van der Waals surface area (Å²) in [6, 6.07) is 1.61. The number of nitrogens with two attached hydrogens (primary N) is 1. The Labute approximate surface area is 132 Å². The van der Waals surface area contributed by atoms with Gasteiger partial charge in [0.15, 0.2) is 5.78 Å². The summed E-state index contributed by atoms with van der Waals surface area (Å²) in [6.45, 7) is 2.26. The van der Waals surface area contributed by atoms with E-state index in [0.29, 0.717) is 29.9 Å². The van der Waals surface area contributed by atoms with Gasteiger partial charge in [-0.25, -0.2) is 0 Å². The Morgan fingerprint density at radius 3 is 2.91 bits per heavy atom. The van der Waals surface area contributed by atoms with Crippen molar-refractivity contribution in [2.45, 2.75) is 19.8 Å². The fraction of sp³-hybridized carbons (Fsp3) is 0.267. The maximum atomic E-state index is 12.2. The minimum atomic E-state index is -0.350. The van der Waals surface area contributed by atoms with Crippen molar-refractivity contribution in [1.82, 2.24) is 10.5 Å². The number of carbonyl (C=O) groups excluding carboxylic acids is 2. The number of nitrogens with one attached hydrogen (secondary N) is 1. The van der Waals surface area contributed by atoms with Gasteiger partial charge < -0.3 is 15.6 Å². The Hall–Kier alpha value is -2.34. The van der Waals surface area contributed by atoms with Gasteiger partial charge in [-0.05, 0) is 13.3 Å². The molecule has 3 N–H and O–H groups in total. The number of hydrogen-bond acceptors (Lipinski definition) is 5. The number of aromatic nitrogens is 1. The third kappa shape index (κ3) is 3.46. The molecule has 1 heterocycles. The minimum absolute atomic E-state index is 0.247.